The Morgan fingerprint density at radius 1 is 1.54 bits per heavy atom. The maximum atomic E-state index is 13.2. The van der Waals surface area contributed by atoms with Gasteiger partial charge >= 0.3 is 0 Å². The predicted molar refractivity (Wildman–Crippen MR) is 59.8 cm³/mol. The highest BCUT2D eigenvalue weighted by molar-refractivity contribution is 14.1. The average Bonchev–Trinajstić information content (AvgIpc) is 2.12. The van der Waals surface area contributed by atoms with Gasteiger partial charge in [0.15, 0.2) is 0 Å². The minimum Gasteiger partial charge on any atom is -0.329 e. The molecule has 0 amide bonds. The van der Waals surface area contributed by atoms with Crippen molar-refractivity contribution >= 4 is 22.6 Å². The summed E-state index contributed by atoms with van der Waals surface area (Å²) in [6.07, 6.45) is 0. The van der Waals surface area contributed by atoms with E-state index >= 15 is 0 Å². The van der Waals surface area contributed by atoms with Crippen LogP contribution in [0.2, 0.25) is 0 Å². The van der Waals surface area contributed by atoms with E-state index < -0.39 is 0 Å². The number of hydrogen-bond donors (Lipinski definition) is 2. The molecule has 72 valence electrons. The highest BCUT2D eigenvalue weighted by Gasteiger charge is 2.09. The zero-order chi connectivity index (χ0) is 10.0. The molecule has 0 saturated carbocycles. The molecule has 0 aliphatic carbocycles. The van der Waals surface area contributed by atoms with Gasteiger partial charge in [-0.05, 0) is 52.8 Å². The first-order valence-electron chi connectivity index (χ1n) is 3.97. The smallest absolute Gasteiger partial charge is 0.127 e. The van der Waals surface area contributed by atoms with Gasteiger partial charge in [-0.2, -0.15) is 0 Å². The molecule has 13 heavy (non-hydrogen) atoms. The molecular formula is C9H12FIN2. The Bertz CT molecular complexity index is 291. The van der Waals surface area contributed by atoms with E-state index in [9.17, 15) is 4.39 Å². The molecule has 0 saturated heterocycles. The van der Waals surface area contributed by atoms with Crippen LogP contribution < -0.4 is 11.5 Å². The van der Waals surface area contributed by atoms with Crippen LogP contribution in [0, 0.1) is 16.3 Å². The van der Waals surface area contributed by atoms with Crippen molar-refractivity contribution in [1.29, 1.82) is 0 Å². The fourth-order valence-corrected chi connectivity index (χ4v) is 1.63. The van der Waals surface area contributed by atoms with Gasteiger partial charge in [-0.3, -0.25) is 0 Å². The lowest BCUT2D eigenvalue weighted by atomic mass is 10.1. The molecule has 0 spiro atoms. The van der Waals surface area contributed by atoms with Gasteiger partial charge in [0.25, 0.3) is 0 Å². The van der Waals surface area contributed by atoms with Crippen molar-refractivity contribution in [2.45, 2.75) is 13.0 Å². The zero-order valence-corrected chi connectivity index (χ0v) is 9.51. The molecule has 0 fully saturated rings. The third-order valence-corrected chi connectivity index (χ3v) is 3.11. The summed E-state index contributed by atoms with van der Waals surface area (Å²) in [7, 11) is 0. The van der Waals surface area contributed by atoms with Crippen LogP contribution in [0.25, 0.3) is 0 Å². The van der Waals surface area contributed by atoms with Gasteiger partial charge in [0.2, 0.25) is 0 Å². The first kappa shape index (κ1) is 10.9. The summed E-state index contributed by atoms with van der Waals surface area (Å²) in [5.41, 5.74) is 12.5. The SMILES string of the molecule is Cc1c(F)cc(C(N)CN)cc1I. The van der Waals surface area contributed by atoms with Gasteiger partial charge in [0.05, 0.1) is 0 Å². The summed E-state index contributed by atoms with van der Waals surface area (Å²) in [6.45, 7) is 2.08. The van der Waals surface area contributed by atoms with Crippen LogP contribution in [-0.2, 0) is 0 Å². The third-order valence-electron chi connectivity index (χ3n) is 1.99. The molecule has 0 aromatic heterocycles. The molecule has 1 unspecified atom stereocenters. The van der Waals surface area contributed by atoms with E-state index in [-0.39, 0.29) is 11.9 Å². The Balaban J connectivity index is 3.13. The van der Waals surface area contributed by atoms with E-state index in [4.69, 9.17) is 11.5 Å². The Hall–Kier alpha value is -0.200. The Labute approximate surface area is 90.6 Å². The van der Waals surface area contributed by atoms with E-state index in [2.05, 4.69) is 22.6 Å². The third kappa shape index (κ3) is 2.38. The molecule has 1 atom stereocenters. The summed E-state index contributed by atoms with van der Waals surface area (Å²) in [5, 5.41) is 0. The molecule has 2 nitrogen and oxygen atoms in total. The van der Waals surface area contributed by atoms with Gasteiger partial charge in [-0.15, -0.1) is 0 Å². The molecule has 0 heterocycles. The molecule has 0 aliphatic rings. The Morgan fingerprint density at radius 3 is 2.62 bits per heavy atom. The average molecular weight is 294 g/mol. The second kappa shape index (κ2) is 4.34. The van der Waals surface area contributed by atoms with Crippen LogP contribution in [0.4, 0.5) is 4.39 Å². The fourth-order valence-electron chi connectivity index (χ4n) is 1.02. The van der Waals surface area contributed by atoms with Crippen molar-refractivity contribution in [3.63, 3.8) is 0 Å². The van der Waals surface area contributed by atoms with Crippen LogP contribution in [0.1, 0.15) is 17.2 Å². The highest BCUT2D eigenvalue weighted by Crippen LogP contribution is 2.20. The lowest BCUT2D eigenvalue weighted by Gasteiger charge is -2.11. The maximum absolute atomic E-state index is 13.2. The summed E-state index contributed by atoms with van der Waals surface area (Å²) in [6, 6.07) is 3.05. The van der Waals surface area contributed by atoms with Gasteiger partial charge in [0, 0.05) is 16.2 Å². The zero-order valence-electron chi connectivity index (χ0n) is 7.35. The first-order chi connectivity index (χ1) is 6.06. The second-order valence-electron chi connectivity index (χ2n) is 2.95. The van der Waals surface area contributed by atoms with Crippen LogP contribution in [0.3, 0.4) is 0 Å². The molecule has 1 aromatic rings. The minimum atomic E-state index is -0.274. The highest BCUT2D eigenvalue weighted by atomic mass is 127. The summed E-state index contributed by atoms with van der Waals surface area (Å²) in [5.74, 6) is -0.217. The molecule has 1 rings (SSSR count). The van der Waals surface area contributed by atoms with Crippen molar-refractivity contribution in [2.75, 3.05) is 6.54 Å². The van der Waals surface area contributed by atoms with Crippen molar-refractivity contribution in [3.8, 4) is 0 Å². The van der Waals surface area contributed by atoms with E-state index in [1.165, 1.54) is 6.07 Å². The predicted octanol–water partition coefficient (Wildman–Crippen LogP) is 1.70. The lowest BCUT2D eigenvalue weighted by molar-refractivity contribution is 0.609. The van der Waals surface area contributed by atoms with Gasteiger partial charge in [-0.25, -0.2) is 4.39 Å². The summed E-state index contributed by atoms with van der Waals surface area (Å²) < 4.78 is 14.1. The molecule has 0 radical (unpaired) electrons. The monoisotopic (exact) mass is 294 g/mol. The van der Waals surface area contributed by atoms with E-state index in [0.29, 0.717) is 12.1 Å². The van der Waals surface area contributed by atoms with E-state index in [0.717, 1.165) is 9.13 Å². The summed E-state index contributed by atoms with van der Waals surface area (Å²) >= 11 is 2.09. The van der Waals surface area contributed by atoms with Crippen molar-refractivity contribution in [1.82, 2.24) is 0 Å². The minimum absolute atomic E-state index is 0.217. The van der Waals surface area contributed by atoms with Crippen LogP contribution in [0.5, 0.6) is 0 Å². The number of halogens is 2. The number of benzene rings is 1. The van der Waals surface area contributed by atoms with Crippen molar-refractivity contribution < 1.29 is 4.39 Å². The number of rotatable bonds is 2. The second-order valence-corrected chi connectivity index (χ2v) is 4.11. The van der Waals surface area contributed by atoms with Crippen molar-refractivity contribution in [3.05, 3.63) is 32.6 Å². The fraction of sp³-hybridized carbons (Fsp3) is 0.333. The van der Waals surface area contributed by atoms with Gasteiger partial charge in [-0.1, -0.05) is 0 Å². The Morgan fingerprint density at radius 2 is 2.15 bits per heavy atom. The van der Waals surface area contributed by atoms with Crippen LogP contribution in [-0.4, -0.2) is 6.54 Å². The van der Waals surface area contributed by atoms with E-state index in [1.807, 2.05) is 6.07 Å². The van der Waals surface area contributed by atoms with Gasteiger partial charge in [0.1, 0.15) is 5.82 Å². The van der Waals surface area contributed by atoms with Crippen molar-refractivity contribution in [2.24, 2.45) is 11.5 Å². The Kier molecular flexibility index (Phi) is 3.63. The van der Waals surface area contributed by atoms with Crippen LogP contribution in [0.15, 0.2) is 12.1 Å². The quantitative estimate of drug-likeness (QED) is 0.816. The molecular weight excluding hydrogens is 282 g/mol. The van der Waals surface area contributed by atoms with Gasteiger partial charge < -0.3 is 11.5 Å². The molecule has 1 aromatic carbocycles. The topological polar surface area (TPSA) is 52.0 Å². The summed E-state index contributed by atoms with van der Waals surface area (Å²) in [4.78, 5) is 0. The largest absolute Gasteiger partial charge is 0.329 e. The maximum Gasteiger partial charge on any atom is 0.127 e. The number of hydrogen-bond acceptors (Lipinski definition) is 2. The van der Waals surface area contributed by atoms with E-state index in [1.54, 1.807) is 6.92 Å². The number of nitrogens with two attached hydrogens (primary N) is 2. The first-order valence-corrected chi connectivity index (χ1v) is 5.05. The standard InChI is InChI=1S/C9H12FIN2/c1-5-7(10)2-6(3-8(5)11)9(13)4-12/h2-3,9H,4,12-13H2,1H3. The molecule has 0 bridgehead atoms. The normalized spacial score (nSPS) is 13.0. The van der Waals surface area contributed by atoms with Crippen LogP contribution >= 0.6 is 22.6 Å². The molecule has 0 aliphatic heterocycles. The lowest BCUT2D eigenvalue weighted by Crippen LogP contribution is -2.21. The molecule has 4 heteroatoms. The molecule has 4 N–H and O–H groups in total.